The standard InChI is InChI=1S/C58H74N4O7/c1-60-32-41-24-46-43-13-12-42(63)29-48(43)62-33-47(46)57(18-5-6-19-57)56(41)40-16-21-58(54(68)27-40)20-15-38(45-31-51(66)52(69-2)26-37(45)11-14-53(58)67)25-49(64)50(65)30-44(39-17-22-61-55(59)28-39)36-10-9-34-7-3-4-8-35(34)23-36/h3-4,7-10,17,23,26,28,31,38,40-41,43-44,46-50,54,56,60-62,64-66,68H,5-6,11-14,16,18-19,21-22,24-25,27,29-30,32-33,59H2,1-2H3/t38-,40+,41-,43-,44+,46-,47+,48-,49+,50-,54-,56-,58-/m1/s1. The van der Waals surface area contributed by atoms with Crippen molar-refractivity contribution in [2.75, 3.05) is 33.8 Å². The number of dihydropyridines is 1. The van der Waals surface area contributed by atoms with Crippen LogP contribution < -0.4 is 26.4 Å². The molecule has 4 saturated carbocycles. The highest BCUT2D eigenvalue weighted by molar-refractivity contribution is 5.89. The van der Waals surface area contributed by atoms with Crippen LogP contribution in [0.1, 0.15) is 118 Å². The Balaban J connectivity index is 0.941. The zero-order valence-electron chi connectivity index (χ0n) is 40.6. The lowest BCUT2D eigenvalue weighted by Crippen LogP contribution is -2.64. The van der Waals surface area contributed by atoms with Crippen LogP contribution in [0, 0.1) is 58.2 Å². The third kappa shape index (κ3) is 9.03. The van der Waals surface area contributed by atoms with Gasteiger partial charge in [-0.05, 0) is 177 Å². The number of ketones is 2. The highest BCUT2D eigenvalue weighted by Gasteiger charge is 2.62. The molecule has 0 bridgehead atoms. The molecule has 368 valence electrons. The molecule has 0 unspecified atom stereocenters. The van der Waals surface area contributed by atoms with Crippen molar-refractivity contribution in [1.82, 2.24) is 16.0 Å². The van der Waals surface area contributed by atoms with E-state index < -0.39 is 29.6 Å². The number of phenols is 1. The van der Waals surface area contributed by atoms with E-state index in [-0.39, 0.29) is 59.8 Å². The molecule has 0 amide bonds. The number of methoxy groups -OCH3 is 1. The number of phenolic OH excluding ortho intramolecular Hbond substituents is 1. The van der Waals surface area contributed by atoms with Crippen molar-refractivity contribution in [3.63, 3.8) is 0 Å². The predicted molar refractivity (Wildman–Crippen MR) is 268 cm³/mol. The van der Waals surface area contributed by atoms with Crippen LogP contribution in [0.25, 0.3) is 10.8 Å². The van der Waals surface area contributed by atoms with Gasteiger partial charge in [-0.3, -0.25) is 9.59 Å². The summed E-state index contributed by atoms with van der Waals surface area (Å²) in [6.07, 6.45) is 11.5. The Bertz CT molecular complexity index is 2540. The van der Waals surface area contributed by atoms with Gasteiger partial charge in [0.05, 0.1) is 31.2 Å². The maximum absolute atomic E-state index is 14.8. The van der Waals surface area contributed by atoms with E-state index in [1.807, 2.05) is 18.2 Å². The second-order valence-corrected chi connectivity index (χ2v) is 22.2. The lowest BCUT2D eigenvalue weighted by atomic mass is 9.44. The highest BCUT2D eigenvalue weighted by Crippen LogP contribution is 2.66. The average molecular weight is 939 g/mol. The first-order valence-electron chi connectivity index (χ1n) is 26.2. The van der Waals surface area contributed by atoms with Crippen LogP contribution >= 0.6 is 0 Å². The maximum atomic E-state index is 14.8. The molecular weight excluding hydrogens is 865 g/mol. The Kier molecular flexibility index (Phi) is 13.8. The zero-order chi connectivity index (χ0) is 48.0. The number of nitrogens with one attached hydrogen (secondary N) is 3. The van der Waals surface area contributed by atoms with E-state index in [1.54, 1.807) is 12.1 Å². The van der Waals surface area contributed by atoms with Crippen LogP contribution in [-0.4, -0.2) is 90.1 Å². The van der Waals surface area contributed by atoms with Crippen LogP contribution in [-0.2, 0) is 16.0 Å². The number of allylic oxidation sites excluding steroid dienone is 2. The average Bonchev–Trinajstić information content (AvgIpc) is 3.84. The molecule has 9 N–H and O–H groups in total. The van der Waals surface area contributed by atoms with Crippen molar-refractivity contribution in [1.29, 1.82) is 0 Å². The Hall–Kier alpha value is -4.70. The van der Waals surface area contributed by atoms with Crippen LogP contribution in [0.5, 0.6) is 11.5 Å². The molecule has 0 radical (unpaired) electrons. The van der Waals surface area contributed by atoms with Gasteiger partial charge >= 0.3 is 0 Å². The molecule has 13 atom stereocenters. The molecule has 2 heterocycles. The molecule has 10 rings (SSSR count). The number of aromatic hydroxyl groups is 1. The molecule has 1 saturated heterocycles. The van der Waals surface area contributed by atoms with Gasteiger partial charge in [-0.25, -0.2) is 0 Å². The molecule has 11 nitrogen and oxygen atoms in total. The van der Waals surface area contributed by atoms with E-state index in [9.17, 15) is 30.0 Å². The molecular formula is C58H74N4O7. The zero-order valence-corrected chi connectivity index (χ0v) is 40.6. The number of carbonyl (C=O) groups excluding carboxylic acids is 2. The number of carbonyl (C=O) groups is 2. The normalized spacial score (nSPS) is 33.2. The summed E-state index contributed by atoms with van der Waals surface area (Å²) < 4.78 is 5.55. The van der Waals surface area contributed by atoms with Crippen molar-refractivity contribution in [2.45, 2.75) is 133 Å². The lowest BCUT2D eigenvalue weighted by Gasteiger charge is -2.63. The van der Waals surface area contributed by atoms with Gasteiger partial charge in [0.25, 0.3) is 0 Å². The molecule has 5 aliphatic carbocycles. The summed E-state index contributed by atoms with van der Waals surface area (Å²) in [5.74, 6) is 9.80. The first-order chi connectivity index (χ1) is 33.4. The summed E-state index contributed by atoms with van der Waals surface area (Å²) in [4.78, 5) is 27.4. The van der Waals surface area contributed by atoms with Gasteiger partial charge < -0.3 is 46.8 Å². The van der Waals surface area contributed by atoms with Crippen LogP contribution in [0.4, 0.5) is 0 Å². The second-order valence-electron chi connectivity index (χ2n) is 22.2. The maximum Gasteiger partial charge on any atom is 0.160 e. The number of aliphatic hydroxyl groups excluding tert-OH is 3. The number of piperidine rings is 1. The third-order valence-electron chi connectivity index (χ3n) is 18.7. The quantitative estimate of drug-likeness (QED) is 0.0935. The van der Waals surface area contributed by atoms with E-state index in [0.29, 0.717) is 85.4 Å². The number of aryl methyl sites for hydroxylation is 1. The Morgan fingerprint density at radius 1 is 0.957 bits per heavy atom. The Labute approximate surface area is 408 Å². The van der Waals surface area contributed by atoms with Crippen LogP contribution in [0.15, 0.2) is 78.1 Å². The fourth-order valence-corrected chi connectivity index (χ4v) is 15.6. The number of Topliss-reactive ketones (excluding diaryl/α,β-unsaturated/α-hetero) is 2. The largest absolute Gasteiger partial charge is 0.504 e. The van der Waals surface area contributed by atoms with Gasteiger partial charge in [0.1, 0.15) is 11.2 Å². The summed E-state index contributed by atoms with van der Waals surface area (Å²) in [6, 6.07) is 18.2. The van der Waals surface area contributed by atoms with Crippen molar-refractivity contribution in [2.24, 2.45) is 52.1 Å². The molecule has 3 aromatic rings. The van der Waals surface area contributed by atoms with Crippen molar-refractivity contribution < 1.29 is 34.8 Å². The highest BCUT2D eigenvalue weighted by atomic mass is 16.5. The molecule has 3 aromatic carbocycles. The molecule has 11 heteroatoms. The van der Waals surface area contributed by atoms with Gasteiger partial charge in [-0.1, -0.05) is 73.2 Å². The van der Waals surface area contributed by atoms with Gasteiger partial charge in [-0.15, -0.1) is 0 Å². The molecule has 7 aliphatic rings. The first-order valence-corrected chi connectivity index (χ1v) is 26.2. The van der Waals surface area contributed by atoms with Gasteiger partial charge in [0, 0.05) is 43.7 Å². The minimum absolute atomic E-state index is 0.0435. The molecule has 0 aromatic heterocycles. The fourth-order valence-electron chi connectivity index (χ4n) is 15.6. The van der Waals surface area contributed by atoms with Gasteiger partial charge in [0.15, 0.2) is 17.3 Å². The summed E-state index contributed by atoms with van der Waals surface area (Å²) in [6.45, 7) is 2.43. The first kappa shape index (κ1) is 48.0. The van der Waals surface area contributed by atoms with Gasteiger partial charge in [-0.2, -0.15) is 0 Å². The monoisotopic (exact) mass is 939 g/mol. The fraction of sp³-hybridized carbons (Fsp3) is 0.586. The number of nitrogens with two attached hydrogens (primary N) is 1. The minimum Gasteiger partial charge on any atom is -0.504 e. The number of fused-ring (bicyclic) bond motifs is 6. The van der Waals surface area contributed by atoms with Crippen molar-refractivity contribution >= 4 is 22.3 Å². The van der Waals surface area contributed by atoms with E-state index in [0.717, 1.165) is 59.8 Å². The number of aliphatic hydroxyl groups is 3. The van der Waals surface area contributed by atoms with Crippen LogP contribution in [0.3, 0.4) is 0 Å². The van der Waals surface area contributed by atoms with E-state index in [2.05, 4.69) is 71.2 Å². The number of hydrogen-bond donors (Lipinski definition) is 8. The minimum atomic E-state index is -1.28. The number of hydrogen-bond acceptors (Lipinski definition) is 11. The Morgan fingerprint density at radius 3 is 2.54 bits per heavy atom. The summed E-state index contributed by atoms with van der Waals surface area (Å²) in [5.41, 5.74) is 8.57. The smallest absolute Gasteiger partial charge is 0.160 e. The SMILES string of the molecule is CNC[C@H]1C[C@@H]2[C@H]3CCC(=O)C[C@H]3NC[C@@H]2C2(CCCC2)[C@@H]1[C@H]1CC[C@@]2(C#C[C@H](C[C@H](O)[C@H](O)C[C@H](C3=CCNC(N)=C3)c3ccc4ccccc4c3)c3cc(O)c(OC)cc3CCC2=O)[C@H](O)C1. The van der Waals surface area contributed by atoms with E-state index in [1.165, 1.54) is 32.8 Å². The molecule has 2 spiro atoms. The second kappa shape index (κ2) is 19.8. The number of benzene rings is 3. The van der Waals surface area contributed by atoms with Crippen molar-refractivity contribution in [3.05, 3.63) is 94.8 Å². The third-order valence-corrected chi connectivity index (χ3v) is 18.7. The Morgan fingerprint density at radius 2 is 1.77 bits per heavy atom. The van der Waals surface area contributed by atoms with Crippen molar-refractivity contribution in [3.8, 4) is 23.3 Å². The van der Waals surface area contributed by atoms with E-state index in [4.69, 9.17) is 10.5 Å². The topological polar surface area (TPSA) is 186 Å². The van der Waals surface area contributed by atoms with E-state index >= 15 is 0 Å². The number of rotatable bonds is 11. The summed E-state index contributed by atoms with van der Waals surface area (Å²) >= 11 is 0. The molecule has 69 heavy (non-hydrogen) atoms. The predicted octanol–water partition coefficient (Wildman–Crippen LogP) is 6.91. The summed E-state index contributed by atoms with van der Waals surface area (Å²) in [5, 5.41) is 60.9. The number of ether oxygens (including phenoxy) is 1. The van der Waals surface area contributed by atoms with Crippen LogP contribution in [0.2, 0.25) is 0 Å². The lowest BCUT2D eigenvalue weighted by molar-refractivity contribution is -0.148. The molecule has 5 fully saturated rings. The van der Waals surface area contributed by atoms with Gasteiger partial charge in [0.2, 0.25) is 0 Å². The summed E-state index contributed by atoms with van der Waals surface area (Å²) in [7, 11) is 3.56. The molecule has 2 aliphatic heterocycles.